The van der Waals surface area contributed by atoms with Gasteiger partial charge in [0.15, 0.2) is 0 Å². The third-order valence-electron chi connectivity index (χ3n) is 5.01. The number of hydrogen-bond acceptors (Lipinski definition) is 6. The highest BCUT2D eigenvalue weighted by Gasteiger charge is 2.41. The van der Waals surface area contributed by atoms with Crippen LogP contribution in [0, 0.1) is 5.82 Å². The molecule has 2 amide bonds. The van der Waals surface area contributed by atoms with E-state index in [4.69, 9.17) is 9.47 Å². The maximum atomic E-state index is 13.0. The van der Waals surface area contributed by atoms with E-state index in [1.165, 1.54) is 12.1 Å². The monoisotopic (exact) mass is 394 g/mol. The Morgan fingerprint density at radius 3 is 2.79 bits per heavy atom. The second kappa shape index (κ2) is 8.93. The number of hydrogen-bond donors (Lipinski definition) is 0. The van der Waals surface area contributed by atoms with Gasteiger partial charge in [0.1, 0.15) is 11.4 Å². The van der Waals surface area contributed by atoms with Gasteiger partial charge in [0.25, 0.3) is 0 Å². The first-order valence-electron chi connectivity index (χ1n) is 9.39. The van der Waals surface area contributed by atoms with Crippen LogP contribution in [0.1, 0.15) is 5.69 Å². The van der Waals surface area contributed by atoms with E-state index in [9.17, 15) is 14.0 Å². The van der Waals surface area contributed by atoms with Gasteiger partial charge in [0, 0.05) is 39.4 Å². The minimum absolute atomic E-state index is 0.0168. The number of rotatable bonds is 4. The third kappa shape index (κ3) is 5.24. The summed E-state index contributed by atoms with van der Waals surface area (Å²) in [7, 11) is 3.46. The predicted molar refractivity (Wildman–Crippen MR) is 99.1 cm³/mol. The van der Waals surface area contributed by atoms with E-state index in [-0.39, 0.29) is 24.8 Å². The standard InChI is InChI=1S/C19H27FN4O4/c1-22(2)18(26)11-23-5-7-27-14-19(12-23)13-24(6-8-28-19)17(25)9-16-4-3-15(20)10-21-16/h3-4,10H,5-9,11-14H2,1-2H3/t19-/m1/s1. The molecule has 8 nitrogen and oxygen atoms in total. The number of halogens is 1. The fourth-order valence-corrected chi connectivity index (χ4v) is 3.47. The number of aromatic nitrogens is 1. The lowest BCUT2D eigenvalue weighted by Gasteiger charge is -2.43. The summed E-state index contributed by atoms with van der Waals surface area (Å²) in [5.74, 6) is -0.491. The van der Waals surface area contributed by atoms with Crippen LogP contribution >= 0.6 is 0 Å². The van der Waals surface area contributed by atoms with Gasteiger partial charge < -0.3 is 19.3 Å². The van der Waals surface area contributed by atoms with Crippen molar-refractivity contribution in [3.63, 3.8) is 0 Å². The zero-order valence-corrected chi connectivity index (χ0v) is 16.4. The molecule has 2 fully saturated rings. The van der Waals surface area contributed by atoms with Crippen LogP contribution in [0.5, 0.6) is 0 Å². The molecule has 0 aromatic carbocycles. The Hall–Kier alpha value is -2.10. The smallest absolute Gasteiger partial charge is 0.236 e. The highest BCUT2D eigenvalue weighted by Crippen LogP contribution is 2.23. The van der Waals surface area contributed by atoms with Gasteiger partial charge in [-0.05, 0) is 12.1 Å². The van der Waals surface area contributed by atoms with Crippen molar-refractivity contribution < 1.29 is 23.5 Å². The lowest BCUT2D eigenvalue weighted by atomic mass is 10.0. The summed E-state index contributed by atoms with van der Waals surface area (Å²) in [4.78, 5) is 34.1. The first-order valence-corrected chi connectivity index (χ1v) is 9.39. The Labute approximate surface area is 164 Å². The second-order valence-corrected chi connectivity index (χ2v) is 7.54. The SMILES string of the molecule is CN(C)C(=O)CN1CCOC[C@@]2(C1)CN(C(=O)Cc1ccc(F)cn1)CCO2. The summed E-state index contributed by atoms with van der Waals surface area (Å²) in [6.45, 7) is 3.61. The lowest BCUT2D eigenvalue weighted by Crippen LogP contribution is -2.60. The van der Waals surface area contributed by atoms with E-state index in [2.05, 4.69) is 4.98 Å². The molecule has 3 rings (SSSR count). The molecule has 2 aliphatic rings. The number of ether oxygens (including phenoxy) is 2. The van der Waals surface area contributed by atoms with E-state index < -0.39 is 11.4 Å². The molecule has 154 valence electrons. The molecule has 0 unspecified atom stereocenters. The van der Waals surface area contributed by atoms with Gasteiger partial charge in [-0.3, -0.25) is 19.5 Å². The van der Waals surface area contributed by atoms with Gasteiger partial charge in [-0.2, -0.15) is 0 Å². The van der Waals surface area contributed by atoms with E-state index in [0.29, 0.717) is 51.7 Å². The number of morpholine rings is 1. The van der Waals surface area contributed by atoms with Crippen LogP contribution in [0.25, 0.3) is 0 Å². The molecular weight excluding hydrogens is 367 g/mol. The average molecular weight is 394 g/mol. The molecule has 0 radical (unpaired) electrons. The molecule has 9 heteroatoms. The molecule has 1 aromatic heterocycles. The van der Waals surface area contributed by atoms with E-state index in [1.807, 2.05) is 4.90 Å². The van der Waals surface area contributed by atoms with Crippen molar-refractivity contribution in [1.29, 1.82) is 0 Å². The van der Waals surface area contributed by atoms with Crippen molar-refractivity contribution in [2.75, 3.05) is 66.6 Å². The van der Waals surface area contributed by atoms with Crippen molar-refractivity contribution in [1.82, 2.24) is 19.7 Å². The third-order valence-corrected chi connectivity index (χ3v) is 5.01. The molecule has 1 aromatic rings. The maximum Gasteiger partial charge on any atom is 0.236 e. The van der Waals surface area contributed by atoms with Crippen molar-refractivity contribution in [2.24, 2.45) is 0 Å². The minimum Gasteiger partial charge on any atom is -0.377 e. The Balaban J connectivity index is 1.65. The minimum atomic E-state index is -0.659. The Morgan fingerprint density at radius 2 is 2.07 bits per heavy atom. The highest BCUT2D eigenvalue weighted by molar-refractivity contribution is 5.78. The summed E-state index contributed by atoms with van der Waals surface area (Å²) in [6.07, 6.45) is 1.22. The van der Waals surface area contributed by atoms with Crippen LogP contribution in [0.4, 0.5) is 4.39 Å². The van der Waals surface area contributed by atoms with Crippen molar-refractivity contribution in [3.05, 3.63) is 29.8 Å². The van der Waals surface area contributed by atoms with Gasteiger partial charge in [0.2, 0.25) is 11.8 Å². The molecule has 0 N–H and O–H groups in total. The number of amides is 2. The molecule has 3 heterocycles. The second-order valence-electron chi connectivity index (χ2n) is 7.54. The predicted octanol–water partition coefficient (Wildman–Crippen LogP) is -0.219. The zero-order valence-electron chi connectivity index (χ0n) is 16.4. The van der Waals surface area contributed by atoms with Crippen LogP contribution in [0.3, 0.4) is 0 Å². The van der Waals surface area contributed by atoms with Crippen LogP contribution in [-0.2, 0) is 25.5 Å². The molecule has 0 saturated carbocycles. The first kappa shape index (κ1) is 20.6. The first-order chi connectivity index (χ1) is 13.4. The number of likely N-dealkylation sites (N-methyl/N-ethyl adjacent to an activating group) is 1. The molecular formula is C19H27FN4O4. The summed E-state index contributed by atoms with van der Waals surface area (Å²) in [6, 6.07) is 2.82. The van der Waals surface area contributed by atoms with Crippen molar-refractivity contribution in [2.45, 2.75) is 12.0 Å². The molecule has 2 saturated heterocycles. The number of carbonyl (C=O) groups is 2. The van der Waals surface area contributed by atoms with Gasteiger partial charge in [-0.25, -0.2) is 4.39 Å². The Morgan fingerprint density at radius 1 is 1.25 bits per heavy atom. The molecule has 0 bridgehead atoms. The summed E-state index contributed by atoms with van der Waals surface area (Å²) in [5.41, 5.74) is -0.130. The maximum absolute atomic E-state index is 13.0. The Kier molecular flexibility index (Phi) is 6.58. The molecule has 2 aliphatic heterocycles. The zero-order chi connectivity index (χ0) is 20.1. The van der Waals surface area contributed by atoms with Crippen LogP contribution in [-0.4, -0.2) is 104 Å². The number of pyridine rings is 1. The number of carbonyl (C=O) groups excluding carboxylic acids is 2. The van der Waals surface area contributed by atoms with E-state index >= 15 is 0 Å². The Bertz CT molecular complexity index is 700. The molecule has 0 aliphatic carbocycles. The fourth-order valence-electron chi connectivity index (χ4n) is 3.47. The fraction of sp³-hybridized carbons (Fsp3) is 0.632. The van der Waals surface area contributed by atoms with Crippen molar-refractivity contribution in [3.8, 4) is 0 Å². The summed E-state index contributed by atoms with van der Waals surface area (Å²) in [5, 5.41) is 0. The highest BCUT2D eigenvalue weighted by atomic mass is 19.1. The van der Waals surface area contributed by atoms with Gasteiger partial charge in [-0.15, -0.1) is 0 Å². The summed E-state index contributed by atoms with van der Waals surface area (Å²) >= 11 is 0. The van der Waals surface area contributed by atoms with Gasteiger partial charge in [-0.1, -0.05) is 0 Å². The quantitative estimate of drug-likeness (QED) is 0.703. The van der Waals surface area contributed by atoms with E-state index in [0.717, 1.165) is 6.20 Å². The average Bonchev–Trinajstić information content (AvgIpc) is 2.85. The molecule has 28 heavy (non-hydrogen) atoms. The normalized spacial score (nSPS) is 23.5. The van der Waals surface area contributed by atoms with Gasteiger partial charge >= 0.3 is 0 Å². The van der Waals surface area contributed by atoms with Crippen LogP contribution in [0.15, 0.2) is 18.3 Å². The van der Waals surface area contributed by atoms with Gasteiger partial charge in [0.05, 0.1) is 45.5 Å². The van der Waals surface area contributed by atoms with Crippen molar-refractivity contribution >= 4 is 11.8 Å². The largest absolute Gasteiger partial charge is 0.377 e. The lowest BCUT2D eigenvalue weighted by molar-refractivity contribution is -0.161. The van der Waals surface area contributed by atoms with Crippen LogP contribution < -0.4 is 0 Å². The molecule has 1 spiro atoms. The molecule has 1 atom stereocenters. The number of nitrogens with zero attached hydrogens (tertiary/aromatic N) is 4. The summed E-state index contributed by atoms with van der Waals surface area (Å²) < 4.78 is 24.8. The topological polar surface area (TPSA) is 75.2 Å². The van der Waals surface area contributed by atoms with E-state index in [1.54, 1.807) is 23.9 Å². The van der Waals surface area contributed by atoms with Crippen LogP contribution in [0.2, 0.25) is 0 Å².